The van der Waals surface area contributed by atoms with E-state index in [4.69, 9.17) is 9.47 Å². The first kappa shape index (κ1) is 36.4. The van der Waals surface area contributed by atoms with Crippen molar-refractivity contribution in [3.05, 3.63) is 48.5 Å². The van der Waals surface area contributed by atoms with Crippen molar-refractivity contribution in [1.82, 2.24) is 0 Å². The quantitative estimate of drug-likeness (QED) is 0.128. The number of ether oxygens (including phenoxy) is 6. The van der Waals surface area contributed by atoms with Crippen LogP contribution < -0.4 is 14.2 Å². The smallest absolute Gasteiger partial charge is 0.497 e. The molecule has 0 aliphatic rings. The summed E-state index contributed by atoms with van der Waals surface area (Å²) in [7, 11) is 1.41. The third-order valence-corrected chi connectivity index (χ3v) is 4.73. The summed E-state index contributed by atoms with van der Waals surface area (Å²) >= 11 is 0. The van der Waals surface area contributed by atoms with E-state index in [1.54, 1.807) is 0 Å². The molecule has 0 bridgehead atoms. The third-order valence-electron chi connectivity index (χ3n) is 4.73. The molecule has 2 aromatic rings. The molecule has 0 saturated heterocycles. The first-order valence-corrected chi connectivity index (χ1v) is 10.8. The fourth-order valence-electron chi connectivity index (χ4n) is 2.68. The van der Waals surface area contributed by atoms with Crippen LogP contribution in [0.2, 0.25) is 0 Å². The van der Waals surface area contributed by atoms with E-state index >= 15 is 0 Å². The highest BCUT2D eigenvalue weighted by Crippen LogP contribution is 2.57. The molecule has 0 heterocycles. The van der Waals surface area contributed by atoms with Gasteiger partial charge in [0.15, 0.2) is 6.61 Å². The van der Waals surface area contributed by atoms with Crippen molar-refractivity contribution in [2.24, 2.45) is 0 Å². The van der Waals surface area contributed by atoms with Crippen LogP contribution in [0.15, 0.2) is 48.5 Å². The lowest BCUT2D eigenvalue weighted by atomic mass is 10.0. The van der Waals surface area contributed by atoms with Gasteiger partial charge in [-0.1, -0.05) is 0 Å². The maximum atomic E-state index is 13.6. The van der Waals surface area contributed by atoms with E-state index in [1.807, 2.05) is 0 Å². The second kappa shape index (κ2) is 12.3. The monoisotopic (exact) mass is 674 g/mol. The van der Waals surface area contributed by atoms with Crippen LogP contribution in [0.25, 0.3) is 0 Å². The predicted octanol–water partition coefficient (Wildman–Crippen LogP) is 8.24. The Labute approximate surface area is 233 Å². The van der Waals surface area contributed by atoms with Gasteiger partial charge < -0.3 is 18.9 Å². The van der Waals surface area contributed by atoms with Crippen LogP contribution in [0.3, 0.4) is 0 Å². The Morgan fingerprint density at radius 2 is 0.955 bits per heavy atom. The van der Waals surface area contributed by atoms with Crippen molar-refractivity contribution in [2.75, 3.05) is 13.7 Å². The van der Waals surface area contributed by atoms with Gasteiger partial charge in [-0.25, -0.2) is 18.7 Å². The Morgan fingerprint density at radius 1 is 0.568 bits per heavy atom. The fraction of sp³-hybridized carbons (Fsp3) is 0.409. The highest BCUT2D eigenvalue weighted by atomic mass is 19.4. The SMILES string of the molecule is COc1ccc(Oc2ccc(OC(=O)OCC(F)(F)OC(F)(F)C(F)(F)OC(F)(F)C(F)(C(F)(F)F)C(F)(F)F)cc2)cc1. The van der Waals surface area contributed by atoms with E-state index in [1.165, 1.54) is 36.1 Å². The largest absolute Gasteiger partial charge is 0.514 e. The molecule has 248 valence electrons. The number of hydrogen-bond acceptors (Lipinski definition) is 7. The molecule has 2 rings (SSSR count). The molecule has 22 heteroatoms. The lowest BCUT2D eigenvalue weighted by Gasteiger charge is -2.38. The van der Waals surface area contributed by atoms with Crippen LogP contribution in [0, 0.1) is 0 Å². The summed E-state index contributed by atoms with van der Waals surface area (Å²) < 4.78 is 218. The zero-order valence-corrected chi connectivity index (χ0v) is 20.9. The zero-order chi connectivity index (χ0) is 34.0. The normalized spacial score (nSPS) is 13.8. The lowest BCUT2D eigenvalue weighted by molar-refractivity contribution is -0.544. The molecule has 0 spiro atoms. The fourth-order valence-corrected chi connectivity index (χ4v) is 2.68. The zero-order valence-electron chi connectivity index (χ0n) is 20.9. The molecule has 0 radical (unpaired) electrons. The number of carbonyl (C=O) groups excluding carboxylic acids is 1. The first-order chi connectivity index (χ1) is 19.8. The van der Waals surface area contributed by atoms with Gasteiger partial charge in [-0.2, -0.15) is 61.5 Å². The number of alkyl halides is 15. The average molecular weight is 674 g/mol. The number of hydrogen-bond donors (Lipinski definition) is 0. The van der Waals surface area contributed by atoms with Crippen molar-refractivity contribution in [2.45, 2.75) is 42.5 Å². The average Bonchev–Trinajstić information content (AvgIpc) is 2.86. The molecule has 2 aromatic carbocycles. The number of methoxy groups -OCH3 is 1. The summed E-state index contributed by atoms with van der Waals surface area (Å²) in [6.07, 6.45) is -46.2. The van der Waals surface area contributed by atoms with Crippen LogP contribution in [0.1, 0.15) is 0 Å². The Morgan fingerprint density at radius 3 is 1.36 bits per heavy atom. The molecule has 0 unspecified atom stereocenters. The van der Waals surface area contributed by atoms with Crippen molar-refractivity contribution in [3.8, 4) is 23.0 Å². The van der Waals surface area contributed by atoms with Gasteiger partial charge in [0.25, 0.3) is 0 Å². The summed E-state index contributed by atoms with van der Waals surface area (Å²) in [6.45, 7) is -2.77. The van der Waals surface area contributed by atoms with Gasteiger partial charge in [0.1, 0.15) is 23.0 Å². The second-order valence-electron chi connectivity index (χ2n) is 7.94. The highest BCUT2D eigenvalue weighted by molar-refractivity contribution is 5.63. The first-order valence-electron chi connectivity index (χ1n) is 10.8. The molecular formula is C22H13F15O7. The van der Waals surface area contributed by atoms with Gasteiger partial charge in [-0.15, -0.1) is 0 Å². The van der Waals surface area contributed by atoms with Gasteiger partial charge >= 0.3 is 48.6 Å². The summed E-state index contributed by atoms with van der Waals surface area (Å²) in [6, 6.07) is 10.4. The molecule has 0 atom stereocenters. The summed E-state index contributed by atoms with van der Waals surface area (Å²) in [5, 5.41) is 0. The molecular weight excluding hydrogens is 661 g/mol. The van der Waals surface area contributed by atoms with E-state index in [0.29, 0.717) is 11.5 Å². The number of carbonyl (C=O) groups is 1. The summed E-state index contributed by atoms with van der Waals surface area (Å²) in [5.74, 6) is 0.458. The summed E-state index contributed by atoms with van der Waals surface area (Å²) in [5.41, 5.74) is -8.03. The molecule has 0 N–H and O–H groups in total. The second-order valence-corrected chi connectivity index (χ2v) is 7.94. The predicted molar refractivity (Wildman–Crippen MR) is 109 cm³/mol. The minimum Gasteiger partial charge on any atom is -0.497 e. The molecule has 0 amide bonds. The number of benzene rings is 2. The number of halogens is 15. The Bertz CT molecular complexity index is 1250. The maximum Gasteiger partial charge on any atom is 0.514 e. The van der Waals surface area contributed by atoms with Crippen LogP contribution in [-0.2, 0) is 14.2 Å². The standard InChI is InChI=1S/C22H13F15O7/c1-39-11-2-4-12(5-3-11)41-13-6-8-14(9-7-13)42-15(38)40-10-16(23,24)43-21(34,35)22(36,37)44-20(32,33)17(25,18(26,27)28)19(29,30)31/h2-9H,10H2,1H3. The molecule has 0 saturated carbocycles. The summed E-state index contributed by atoms with van der Waals surface area (Å²) in [4.78, 5) is 11.6. The molecule has 0 aromatic heterocycles. The van der Waals surface area contributed by atoms with E-state index in [9.17, 15) is 70.7 Å². The van der Waals surface area contributed by atoms with Crippen molar-refractivity contribution in [3.63, 3.8) is 0 Å². The minimum absolute atomic E-state index is 0.127. The topological polar surface area (TPSA) is 72.5 Å². The Balaban J connectivity index is 2.03. The molecule has 0 aliphatic carbocycles. The maximum absolute atomic E-state index is 13.6. The van der Waals surface area contributed by atoms with Gasteiger partial charge in [-0.3, -0.25) is 0 Å². The van der Waals surface area contributed by atoms with Crippen LogP contribution in [-0.4, -0.2) is 62.3 Å². The van der Waals surface area contributed by atoms with Gasteiger partial charge in [0.05, 0.1) is 7.11 Å². The van der Waals surface area contributed by atoms with Crippen LogP contribution in [0.4, 0.5) is 70.7 Å². The van der Waals surface area contributed by atoms with E-state index in [0.717, 1.165) is 24.3 Å². The lowest BCUT2D eigenvalue weighted by Crippen LogP contribution is -2.68. The van der Waals surface area contributed by atoms with Gasteiger partial charge in [0, 0.05) is 0 Å². The minimum atomic E-state index is -8.03. The molecule has 0 fully saturated rings. The van der Waals surface area contributed by atoms with E-state index < -0.39 is 61.0 Å². The Kier molecular flexibility index (Phi) is 10.2. The molecule has 44 heavy (non-hydrogen) atoms. The van der Waals surface area contributed by atoms with Crippen LogP contribution >= 0.6 is 0 Å². The van der Waals surface area contributed by atoms with Gasteiger partial charge in [-0.05, 0) is 48.5 Å². The van der Waals surface area contributed by atoms with Crippen molar-refractivity contribution >= 4 is 6.16 Å². The van der Waals surface area contributed by atoms with Crippen molar-refractivity contribution in [1.29, 1.82) is 0 Å². The van der Waals surface area contributed by atoms with Crippen molar-refractivity contribution < 1.29 is 99.1 Å². The van der Waals surface area contributed by atoms with E-state index in [2.05, 4.69) is 14.2 Å². The highest BCUT2D eigenvalue weighted by Gasteiger charge is 2.88. The Hall–Kier alpha value is -3.82. The van der Waals surface area contributed by atoms with Gasteiger partial charge in [0.2, 0.25) is 0 Å². The van der Waals surface area contributed by atoms with E-state index in [-0.39, 0.29) is 5.75 Å². The number of rotatable bonds is 12. The molecule has 0 aliphatic heterocycles. The van der Waals surface area contributed by atoms with Crippen LogP contribution in [0.5, 0.6) is 23.0 Å². The third kappa shape index (κ3) is 8.21. The molecule has 7 nitrogen and oxygen atoms in total.